The van der Waals surface area contributed by atoms with Crippen molar-refractivity contribution in [2.75, 3.05) is 0 Å². The maximum absolute atomic E-state index is 10.4. The third-order valence-electron chi connectivity index (χ3n) is 6.04. The van der Waals surface area contributed by atoms with Crippen molar-refractivity contribution in [3.05, 3.63) is 0 Å². The molecule has 31 heavy (non-hydrogen) atoms. The number of halogens is 3. The number of carboxylic acids is 3. The quantitative estimate of drug-likeness (QED) is 0.455. The average molecular weight is 600 g/mol. The van der Waals surface area contributed by atoms with E-state index in [0.29, 0.717) is 38.5 Å². The average Bonchev–Trinajstić information content (AvgIpc) is 2.70. The van der Waals surface area contributed by atoms with Gasteiger partial charge in [-0.1, -0.05) is 57.8 Å². The van der Waals surface area contributed by atoms with Crippen molar-refractivity contribution in [3.63, 3.8) is 0 Å². The molecule has 0 spiro atoms. The standard InChI is InChI=1S/3C7H11ClO2.In/c3*8-7(6(9)10)4-2-1-3-5-7;/h3*1-5H2,(H,9,10);/q;;;+3/p-3. The number of rotatable bonds is 3. The smallest absolute Gasteiger partial charge is 0.548 e. The molecule has 3 aliphatic carbocycles. The van der Waals surface area contributed by atoms with Gasteiger partial charge in [-0.25, -0.2) is 0 Å². The predicted octanol–water partition coefficient (Wildman–Crippen LogP) is 1.65. The second-order valence-corrected chi connectivity index (χ2v) is 10.6. The van der Waals surface area contributed by atoms with Crippen molar-refractivity contribution < 1.29 is 29.7 Å². The van der Waals surface area contributed by atoms with Crippen LogP contribution >= 0.6 is 34.8 Å². The van der Waals surface area contributed by atoms with E-state index in [9.17, 15) is 29.7 Å². The van der Waals surface area contributed by atoms with Gasteiger partial charge < -0.3 is 29.7 Å². The molecular weight excluding hydrogens is 569 g/mol. The summed E-state index contributed by atoms with van der Waals surface area (Å²) in [6, 6.07) is 0. The van der Waals surface area contributed by atoms with Gasteiger partial charge in [0, 0.05) is 0 Å². The van der Waals surface area contributed by atoms with Gasteiger partial charge in [-0.05, 0) is 38.5 Å². The number of carbonyl (C=O) groups excluding carboxylic acids is 3. The van der Waals surface area contributed by atoms with Crippen molar-refractivity contribution >= 4 is 78.6 Å². The first-order chi connectivity index (χ1) is 14.0. The van der Waals surface area contributed by atoms with Crippen molar-refractivity contribution in [2.24, 2.45) is 0 Å². The van der Waals surface area contributed by atoms with E-state index >= 15 is 0 Å². The molecule has 10 heteroatoms. The monoisotopic (exact) mass is 598 g/mol. The third-order valence-corrected chi connectivity index (χ3v) is 7.63. The number of hydrogen-bond donors (Lipinski definition) is 0. The Labute approximate surface area is 218 Å². The minimum atomic E-state index is -1.10. The minimum absolute atomic E-state index is 0. The van der Waals surface area contributed by atoms with Gasteiger partial charge in [0.15, 0.2) is 0 Å². The Hall–Kier alpha value is 0.150. The van der Waals surface area contributed by atoms with Crippen LogP contribution in [0.5, 0.6) is 0 Å². The molecule has 0 unspecified atom stereocenters. The summed E-state index contributed by atoms with van der Waals surface area (Å²) < 4.78 is 0. The fraction of sp³-hybridized carbons (Fsp3) is 0.857. The van der Waals surface area contributed by atoms with E-state index in [2.05, 4.69) is 0 Å². The van der Waals surface area contributed by atoms with Crippen LogP contribution in [0.3, 0.4) is 0 Å². The molecule has 0 aromatic rings. The number of aliphatic carboxylic acids is 3. The van der Waals surface area contributed by atoms with Crippen molar-refractivity contribution in [1.29, 1.82) is 0 Å². The van der Waals surface area contributed by atoms with Crippen LogP contribution in [-0.4, -0.2) is 58.4 Å². The van der Waals surface area contributed by atoms with E-state index in [-0.39, 0.29) is 25.8 Å². The van der Waals surface area contributed by atoms with Crippen LogP contribution in [0, 0.1) is 0 Å². The molecule has 3 aliphatic rings. The zero-order valence-corrected chi connectivity index (χ0v) is 23.3. The SMILES string of the molecule is O=C([O-])C1(Cl)CCCCC1.O=C([O-])C1(Cl)CCCCC1.O=C([O-])C1(Cl)CCCCC1.[In+3]. The molecule has 174 valence electrons. The first-order valence-corrected chi connectivity index (χ1v) is 11.8. The summed E-state index contributed by atoms with van der Waals surface area (Å²) >= 11 is 17.2. The molecule has 0 amide bonds. The number of alkyl halides is 3. The van der Waals surface area contributed by atoms with Crippen LogP contribution in [-0.2, 0) is 14.4 Å². The Bertz CT molecular complexity index is 503. The second kappa shape index (κ2) is 14.4. The molecule has 0 atom stereocenters. The Kier molecular flexibility index (Phi) is 14.5. The Morgan fingerprint density at radius 3 is 0.710 bits per heavy atom. The molecule has 6 nitrogen and oxygen atoms in total. The molecule has 0 aromatic heterocycles. The number of hydrogen-bond acceptors (Lipinski definition) is 6. The summed E-state index contributed by atoms with van der Waals surface area (Å²) in [5, 5.41) is 31.3. The molecule has 3 fully saturated rings. The Balaban J connectivity index is 0.000000429. The van der Waals surface area contributed by atoms with E-state index in [1.54, 1.807) is 0 Å². The minimum Gasteiger partial charge on any atom is -0.548 e. The Morgan fingerprint density at radius 1 is 0.452 bits per heavy atom. The summed E-state index contributed by atoms with van der Waals surface area (Å²) in [7, 11) is 0. The zero-order chi connectivity index (χ0) is 22.8. The second-order valence-electron chi connectivity index (χ2n) is 8.44. The fourth-order valence-electron chi connectivity index (χ4n) is 3.95. The van der Waals surface area contributed by atoms with E-state index < -0.39 is 32.5 Å². The Morgan fingerprint density at radius 2 is 0.613 bits per heavy atom. The third kappa shape index (κ3) is 10.3. The summed E-state index contributed by atoms with van der Waals surface area (Å²) in [5.74, 6) is -3.31. The molecule has 0 radical (unpaired) electrons. The predicted molar refractivity (Wildman–Crippen MR) is 116 cm³/mol. The van der Waals surface area contributed by atoms with Crippen molar-refractivity contribution in [1.82, 2.24) is 0 Å². The van der Waals surface area contributed by atoms with E-state index in [0.717, 1.165) is 57.8 Å². The first-order valence-electron chi connectivity index (χ1n) is 10.7. The van der Waals surface area contributed by atoms with Gasteiger partial charge in [-0.3, -0.25) is 0 Å². The van der Waals surface area contributed by atoms with Crippen molar-refractivity contribution in [2.45, 2.75) is 111 Å². The molecule has 0 aromatic carbocycles. The maximum atomic E-state index is 10.4. The van der Waals surface area contributed by atoms with Gasteiger partial charge in [-0.2, -0.15) is 0 Å². The van der Waals surface area contributed by atoms with Gasteiger partial charge in [-0.15, -0.1) is 34.8 Å². The van der Waals surface area contributed by atoms with Crippen LogP contribution in [0.4, 0.5) is 0 Å². The van der Waals surface area contributed by atoms with Gasteiger partial charge >= 0.3 is 25.8 Å². The van der Waals surface area contributed by atoms with Gasteiger partial charge in [0.25, 0.3) is 0 Å². The maximum Gasteiger partial charge on any atom is 3.00 e. The normalized spacial score (nSPS) is 23.3. The largest absolute Gasteiger partial charge is 3.00 e. The van der Waals surface area contributed by atoms with E-state index in [1.165, 1.54) is 0 Å². The molecule has 0 saturated heterocycles. The summed E-state index contributed by atoms with van der Waals surface area (Å²) in [4.78, 5) is 28.2. The molecule has 0 heterocycles. The molecule has 3 rings (SSSR count). The molecule has 0 N–H and O–H groups in total. The summed E-state index contributed by atoms with van der Waals surface area (Å²) in [6.45, 7) is 0. The molecular formula is C21H30Cl3InO6. The summed E-state index contributed by atoms with van der Waals surface area (Å²) in [6.07, 6.45) is 12.2. The zero-order valence-electron chi connectivity index (χ0n) is 17.8. The van der Waals surface area contributed by atoms with Crippen molar-refractivity contribution in [3.8, 4) is 0 Å². The van der Waals surface area contributed by atoms with Crippen LogP contribution in [0.2, 0.25) is 0 Å². The number of carboxylic acid groups (broad SMARTS) is 3. The van der Waals surface area contributed by atoms with E-state index in [4.69, 9.17) is 34.8 Å². The van der Waals surface area contributed by atoms with Gasteiger partial charge in [0.1, 0.15) is 0 Å². The number of carbonyl (C=O) groups is 3. The molecule has 0 aliphatic heterocycles. The molecule has 3 saturated carbocycles. The fourth-order valence-corrected chi connectivity index (χ4v) is 4.75. The van der Waals surface area contributed by atoms with Crippen LogP contribution in [0.1, 0.15) is 96.3 Å². The topological polar surface area (TPSA) is 120 Å². The first kappa shape index (κ1) is 31.2. The van der Waals surface area contributed by atoms with Crippen LogP contribution < -0.4 is 15.3 Å². The van der Waals surface area contributed by atoms with Gasteiger partial charge in [0.2, 0.25) is 0 Å². The van der Waals surface area contributed by atoms with Gasteiger partial charge in [0.05, 0.1) is 32.5 Å². The van der Waals surface area contributed by atoms with E-state index in [1.807, 2.05) is 0 Å². The molecule has 0 bridgehead atoms. The van der Waals surface area contributed by atoms with Crippen LogP contribution in [0.15, 0.2) is 0 Å². The van der Waals surface area contributed by atoms with Crippen LogP contribution in [0.25, 0.3) is 0 Å². The summed E-state index contributed by atoms with van der Waals surface area (Å²) in [5.41, 5.74) is 0.